The summed E-state index contributed by atoms with van der Waals surface area (Å²) in [5.41, 5.74) is 6.43. The first-order valence-corrected chi connectivity index (χ1v) is 5.84. The Hall–Kier alpha value is -1.13. The molecule has 2 N–H and O–H groups in total. The second kappa shape index (κ2) is 6.57. The van der Waals surface area contributed by atoms with Gasteiger partial charge >= 0.3 is 0 Å². The van der Waals surface area contributed by atoms with Gasteiger partial charge in [0, 0.05) is 12.6 Å². The normalized spacial score (nSPS) is 14.4. The Morgan fingerprint density at radius 1 is 1.35 bits per heavy atom. The molecule has 0 aromatic heterocycles. The Bertz CT molecular complexity index is 355. The molecule has 0 fully saturated rings. The van der Waals surface area contributed by atoms with Crippen molar-refractivity contribution in [2.45, 2.75) is 32.9 Å². The highest BCUT2D eigenvalue weighted by Gasteiger charge is 2.10. The Morgan fingerprint density at radius 3 is 2.59 bits per heavy atom. The summed E-state index contributed by atoms with van der Waals surface area (Å²) in [5.74, 6) is -0.148. The van der Waals surface area contributed by atoms with Crippen LogP contribution in [0.15, 0.2) is 18.2 Å². The maximum absolute atomic E-state index is 13.7. The Morgan fingerprint density at radius 2 is 2.06 bits per heavy atom. The Kier molecular flexibility index (Phi) is 5.38. The third-order valence-electron chi connectivity index (χ3n) is 2.37. The van der Waals surface area contributed by atoms with Gasteiger partial charge in [-0.1, -0.05) is 6.07 Å². The van der Waals surface area contributed by atoms with E-state index in [0.29, 0.717) is 13.2 Å². The largest absolute Gasteiger partial charge is 0.485 e. The summed E-state index contributed by atoms with van der Waals surface area (Å²) in [7, 11) is 0. The van der Waals surface area contributed by atoms with Gasteiger partial charge in [-0.15, -0.1) is 0 Å². The van der Waals surface area contributed by atoms with E-state index < -0.39 is 0 Å². The summed E-state index contributed by atoms with van der Waals surface area (Å²) in [6.07, 6.45) is -0.175. The fourth-order valence-corrected chi connectivity index (χ4v) is 1.43. The fourth-order valence-electron chi connectivity index (χ4n) is 1.43. The minimum absolute atomic E-state index is 0.175. The van der Waals surface area contributed by atoms with Crippen LogP contribution in [-0.4, -0.2) is 19.3 Å². The minimum atomic E-state index is -0.386. The topological polar surface area (TPSA) is 44.5 Å². The van der Waals surface area contributed by atoms with Crippen LogP contribution in [-0.2, 0) is 4.74 Å². The number of nitrogens with two attached hydrogens (primary N) is 1. The maximum Gasteiger partial charge on any atom is 0.165 e. The molecular weight excluding hydrogens is 221 g/mol. The summed E-state index contributed by atoms with van der Waals surface area (Å²) >= 11 is 0. The van der Waals surface area contributed by atoms with Crippen LogP contribution >= 0.6 is 0 Å². The third-order valence-corrected chi connectivity index (χ3v) is 2.37. The van der Waals surface area contributed by atoms with Crippen LogP contribution in [0, 0.1) is 5.82 Å². The van der Waals surface area contributed by atoms with E-state index in [0.717, 1.165) is 5.56 Å². The van der Waals surface area contributed by atoms with Crippen molar-refractivity contribution in [1.82, 2.24) is 0 Å². The molecule has 1 rings (SSSR count). The van der Waals surface area contributed by atoms with Crippen molar-refractivity contribution in [3.63, 3.8) is 0 Å². The highest BCUT2D eigenvalue weighted by Crippen LogP contribution is 2.22. The first-order valence-electron chi connectivity index (χ1n) is 5.84. The molecule has 0 aliphatic rings. The van der Waals surface area contributed by atoms with Crippen LogP contribution in [0.25, 0.3) is 0 Å². The lowest BCUT2D eigenvalue weighted by atomic mass is 10.1. The lowest BCUT2D eigenvalue weighted by Crippen LogP contribution is -2.19. The molecule has 0 bridgehead atoms. The van der Waals surface area contributed by atoms with Crippen LogP contribution in [0.1, 0.15) is 32.4 Å². The molecule has 0 aliphatic heterocycles. The summed E-state index contributed by atoms with van der Waals surface area (Å²) in [6, 6.07) is 4.61. The van der Waals surface area contributed by atoms with Gasteiger partial charge in [-0.05, 0) is 38.5 Å². The van der Waals surface area contributed by atoms with Crippen LogP contribution in [0.3, 0.4) is 0 Å². The summed E-state index contributed by atoms with van der Waals surface area (Å²) in [5, 5.41) is 0. The van der Waals surface area contributed by atoms with Crippen molar-refractivity contribution < 1.29 is 13.9 Å². The number of ether oxygens (including phenoxy) is 2. The van der Waals surface area contributed by atoms with Crippen LogP contribution in [0.2, 0.25) is 0 Å². The van der Waals surface area contributed by atoms with Gasteiger partial charge in [-0.3, -0.25) is 0 Å². The summed E-state index contributed by atoms with van der Waals surface area (Å²) in [4.78, 5) is 0. The maximum atomic E-state index is 13.7. The highest BCUT2D eigenvalue weighted by atomic mass is 19.1. The van der Waals surface area contributed by atoms with Crippen molar-refractivity contribution in [1.29, 1.82) is 0 Å². The van der Waals surface area contributed by atoms with E-state index >= 15 is 0 Å². The van der Waals surface area contributed by atoms with Gasteiger partial charge in [0.2, 0.25) is 0 Å². The molecular formula is C13H20FNO2. The van der Waals surface area contributed by atoms with E-state index in [1.54, 1.807) is 12.1 Å². The average Bonchev–Trinajstić information content (AvgIpc) is 2.28. The number of benzene rings is 1. The zero-order valence-corrected chi connectivity index (χ0v) is 10.6. The van der Waals surface area contributed by atoms with Gasteiger partial charge in [-0.2, -0.15) is 0 Å². The van der Waals surface area contributed by atoms with E-state index in [4.69, 9.17) is 15.2 Å². The zero-order valence-electron chi connectivity index (χ0n) is 10.6. The van der Waals surface area contributed by atoms with Gasteiger partial charge in [0.05, 0.1) is 6.61 Å². The Labute approximate surface area is 102 Å². The molecule has 0 heterocycles. The van der Waals surface area contributed by atoms with Crippen molar-refractivity contribution in [2.24, 2.45) is 5.73 Å². The summed E-state index contributed by atoms with van der Waals surface area (Å²) in [6.45, 7) is 6.64. The number of hydrogen-bond donors (Lipinski definition) is 1. The van der Waals surface area contributed by atoms with Crippen LogP contribution < -0.4 is 10.5 Å². The molecule has 0 saturated heterocycles. The van der Waals surface area contributed by atoms with E-state index in [1.165, 1.54) is 6.07 Å². The van der Waals surface area contributed by atoms with E-state index in [9.17, 15) is 4.39 Å². The van der Waals surface area contributed by atoms with Gasteiger partial charge in [0.15, 0.2) is 11.6 Å². The molecule has 96 valence electrons. The van der Waals surface area contributed by atoms with Crippen molar-refractivity contribution in [3.8, 4) is 5.75 Å². The molecule has 0 spiro atoms. The number of halogens is 1. The minimum Gasteiger partial charge on any atom is -0.485 e. The molecule has 3 nitrogen and oxygen atoms in total. The molecule has 2 unspecified atom stereocenters. The van der Waals surface area contributed by atoms with Crippen LogP contribution in [0.4, 0.5) is 4.39 Å². The monoisotopic (exact) mass is 241 g/mol. The van der Waals surface area contributed by atoms with Crippen molar-refractivity contribution >= 4 is 0 Å². The van der Waals surface area contributed by atoms with Crippen molar-refractivity contribution in [2.75, 3.05) is 13.2 Å². The predicted octanol–water partition coefficient (Wildman–Crippen LogP) is 2.65. The highest BCUT2D eigenvalue weighted by molar-refractivity contribution is 5.30. The SMILES string of the molecule is CCOCC(C)Oc1ccc(C(C)N)cc1F. The average molecular weight is 241 g/mol. The molecule has 0 amide bonds. The predicted molar refractivity (Wildman–Crippen MR) is 65.6 cm³/mol. The van der Waals surface area contributed by atoms with Gasteiger partial charge < -0.3 is 15.2 Å². The number of hydrogen-bond acceptors (Lipinski definition) is 3. The third kappa shape index (κ3) is 4.32. The molecule has 0 aliphatic carbocycles. The van der Waals surface area contributed by atoms with Crippen molar-refractivity contribution in [3.05, 3.63) is 29.6 Å². The molecule has 2 atom stereocenters. The van der Waals surface area contributed by atoms with Gasteiger partial charge in [0.1, 0.15) is 6.10 Å². The molecule has 1 aromatic rings. The molecule has 1 aromatic carbocycles. The van der Waals surface area contributed by atoms with E-state index in [-0.39, 0.29) is 23.7 Å². The smallest absolute Gasteiger partial charge is 0.165 e. The second-order valence-electron chi connectivity index (χ2n) is 4.07. The lowest BCUT2D eigenvalue weighted by molar-refractivity contribution is 0.0636. The number of rotatable bonds is 6. The van der Waals surface area contributed by atoms with Crippen LogP contribution in [0.5, 0.6) is 5.75 Å². The summed E-state index contributed by atoms with van der Waals surface area (Å²) < 4.78 is 24.3. The zero-order chi connectivity index (χ0) is 12.8. The van der Waals surface area contributed by atoms with Gasteiger partial charge in [-0.25, -0.2) is 4.39 Å². The first kappa shape index (κ1) is 13.9. The molecule has 0 saturated carbocycles. The first-order chi connectivity index (χ1) is 8.04. The van der Waals surface area contributed by atoms with E-state index in [1.807, 2.05) is 20.8 Å². The van der Waals surface area contributed by atoms with E-state index in [2.05, 4.69) is 0 Å². The lowest BCUT2D eigenvalue weighted by Gasteiger charge is -2.16. The quantitative estimate of drug-likeness (QED) is 0.832. The molecule has 0 radical (unpaired) electrons. The molecule has 17 heavy (non-hydrogen) atoms. The second-order valence-corrected chi connectivity index (χ2v) is 4.07. The van der Waals surface area contributed by atoms with Gasteiger partial charge in [0.25, 0.3) is 0 Å². The standard InChI is InChI=1S/C13H20FNO2/c1-4-16-8-9(2)17-13-6-5-11(10(3)15)7-12(13)14/h5-7,9-10H,4,8,15H2,1-3H3. The molecule has 4 heteroatoms. The Balaban J connectivity index is 2.65. The fraction of sp³-hybridized carbons (Fsp3) is 0.538.